The molecule has 9 heteroatoms. The fourth-order valence-electron chi connectivity index (χ4n) is 7.64. The predicted octanol–water partition coefficient (Wildman–Crippen LogP) is 14.1. The van der Waals surface area contributed by atoms with Gasteiger partial charge in [-0.2, -0.15) is 0 Å². The number of esters is 3. The molecule has 0 amide bonds. The summed E-state index contributed by atoms with van der Waals surface area (Å²) in [6.45, 7) is 17.8. The molecule has 364 valence electrons. The third-order valence-corrected chi connectivity index (χ3v) is 11.7. The van der Waals surface area contributed by atoms with Gasteiger partial charge in [0.15, 0.2) is 0 Å². The fraction of sp³-hybridized carbons (Fsp3) is 0.868. The van der Waals surface area contributed by atoms with E-state index in [1.165, 1.54) is 88.2 Å². The number of hydrogen-bond donors (Lipinski definition) is 0. The summed E-state index contributed by atoms with van der Waals surface area (Å²) in [5.74, 6) is -0.643. The van der Waals surface area contributed by atoms with Crippen LogP contribution in [-0.2, 0) is 38.1 Å². The topological polar surface area (TPSA) is 101 Å². The molecular formula is C53H99NO8. The average molecular weight is 878 g/mol. The van der Waals surface area contributed by atoms with Crippen molar-refractivity contribution in [2.75, 3.05) is 60.5 Å². The van der Waals surface area contributed by atoms with E-state index in [1.54, 1.807) is 0 Å². The SMILES string of the molecule is C=C(C)CCCCCCCCCCCOCOCC(COC(=O)CCCCCCCCCCC(=C)C)(COC(=O)CCCN(C)C)COC(=O)CC(CCCCC)CCCCC. The van der Waals surface area contributed by atoms with Crippen molar-refractivity contribution >= 4 is 17.9 Å². The van der Waals surface area contributed by atoms with Gasteiger partial charge in [0, 0.05) is 25.9 Å². The van der Waals surface area contributed by atoms with Crippen LogP contribution in [0.2, 0.25) is 0 Å². The van der Waals surface area contributed by atoms with Crippen LogP contribution in [0.25, 0.3) is 0 Å². The minimum atomic E-state index is -1.07. The number of hydrogen-bond acceptors (Lipinski definition) is 9. The van der Waals surface area contributed by atoms with E-state index < -0.39 is 5.41 Å². The molecule has 62 heavy (non-hydrogen) atoms. The zero-order valence-electron chi connectivity index (χ0n) is 41.6. The molecule has 0 saturated carbocycles. The van der Waals surface area contributed by atoms with Crippen LogP contribution in [0, 0.1) is 11.3 Å². The lowest BCUT2D eigenvalue weighted by molar-refractivity contribution is -0.173. The maximum absolute atomic E-state index is 13.5. The van der Waals surface area contributed by atoms with Gasteiger partial charge in [-0.3, -0.25) is 14.4 Å². The first-order valence-electron chi connectivity index (χ1n) is 25.5. The third kappa shape index (κ3) is 40.5. The van der Waals surface area contributed by atoms with Gasteiger partial charge >= 0.3 is 17.9 Å². The molecule has 0 aromatic carbocycles. The molecule has 1 atom stereocenters. The lowest BCUT2D eigenvalue weighted by atomic mass is 9.91. The number of ether oxygens (including phenoxy) is 5. The van der Waals surface area contributed by atoms with Crippen LogP contribution >= 0.6 is 0 Å². The Kier molecular flexibility index (Phi) is 41.2. The van der Waals surface area contributed by atoms with Gasteiger partial charge in [0.05, 0.1) is 12.0 Å². The van der Waals surface area contributed by atoms with Crippen molar-refractivity contribution in [2.24, 2.45) is 11.3 Å². The monoisotopic (exact) mass is 878 g/mol. The van der Waals surface area contributed by atoms with Gasteiger partial charge < -0.3 is 28.6 Å². The third-order valence-electron chi connectivity index (χ3n) is 11.7. The van der Waals surface area contributed by atoms with Gasteiger partial charge in [-0.05, 0) is 98.2 Å². The molecule has 0 saturated heterocycles. The standard InChI is InChI=1S/C53H99NO8/c1-9-11-26-35-49(36-27-12-10-2)41-52(57)62-45-53(44-61-51(56)38-32-39-54(7)8,43-60-50(55)37-30-24-20-16-15-19-23-29-34-48(5)6)42-59-46-58-40-31-25-21-17-13-14-18-22-28-33-47(3)4/h49H,3,5,9-46H2,1-2,4,6-8H3. The molecule has 0 N–H and O–H groups in total. The highest BCUT2D eigenvalue weighted by molar-refractivity contribution is 5.70. The Morgan fingerprint density at radius 2 is 0.887 bits per heavy atom. The number of unbranched alkanes of at least 4 members (excludes halogenated alkanes) is 19. The molecule has 0 bridgehead atoms. The molecule has 0 aliphatic heterocycles. The quantitative estimate of drug-likeness (QED) is 0.0194. The van der Waals surface area contributed by atoms with E-state index in [0.717, 1.165) is 103 Å². The lowest BCUT2D eigenvalue weighted by Crippen LogP contribution is -2.43. The largest absolute Gasteiger partial charge is 0.465 e. The first-order chi connectivity index (χ1) is 29.9. The molecule has 0 spiro atoms. The van der Waals surface area contributed by atoms with Crippen LogP contribution in [0.4, 0.5) is 0 Å². The lowest BCUT2D eigenvalue weighted by Gasteiger charge is -2.32. The smallest absolute Gasteiger partial charge is 0.306 e. The highest BCUT2D eigenvalue weighted by Crippen LogP contribution is 2.26. The minimum Gasteiger partial charge on any atom is -0.465 e. The van der Waals surface area contributed by atoms with Crippen molar-refractivity contribution in [2.45, 2.75) is 227 Å². The van der Waals surface area contributed by atoms with E-state index in [2.05, 4.69) is 40.9 Å². The molecule has 0 fully saturated rings. The predicted molar refractivity (Wildman–Crippen MR) is 258 cm³/mol. The molecule has 0 aromatic rings. The summed E-state index contributed by atoms with van der Waals surface area (Å²) in [5, 5.41) is 0. The van der Waals surface area contributed by atoms with Gasteiger partial charge in [0.1, 0.15) is 26.6 Å². The summed E-state index contributed by atoms with van der Waals surface area (Å²) >= 11 is 0. The fourth-order valence-corrected chi connectivity index (χ4v) is 7.64. The molecule has 0 rings (SSSR count). The van der Waals surface area contributed by atoms with Gasteiger partial charge in [-0.1, -0.05) is 147 Å². The molecule has 1 unspecified atom stereocenters. The first-order valence-corrected chi connectivity index (χ1v) is 25.5. The van der Waals surface area contributed by atoms with Crippen LogP contribution in [0.15, 0.2) is 24.3 Å². The van der Waals surface area contributed by atoms with E-state index in [1.807, 2.05) is 19.0 Å². The summed E-state index contributed by atoms with van der Waals surface area (Å²) in [7, 11) is 3.94. The molecular weight excluding hydrogens is 779 g/mol. The van der Waals surface area contributed by atoms with Crippen LogP contribution in [0.3, 0.4) is 0 Å². The summed E-state index contributed by atoms with van der Waals surface area (Å²) in [6, 6.07) is 0. The molecule has 0 aliphatic carbocycles. The van der Waals surface area contributed by atoms with Gasteiger partial charge in [-0.15, -0.1) is 13.2 Å². The second-order valence-corrected chi connectivity index (χ2v) is 19.0. The van der Waals surface area contributed by atoms with Crippen molar-refractivity contribution in [3.63, 3.8) is 0 Å². The van der Waals surface area contributed by atoms with E-state index >= 15 is 0 Å². The zero-order chi connectivity index (χ0) is 45.9. The van der Waals surface area contributed by atoms with E-state index in [-0.39, 0.29) is 63.5 Å². The number of allylic oxidation sites excluding steroid dienone is 2. The number of carbonyl (C=O) groups excluding carboxylic acids is 3. The van der Waals surface area contributed by atoms with Crippen LogP contribution in [0.1, 0.15) is 227 Å². The Hall–Kier alpha value is -2.23. The average Bonchev–Trinajstić information content (AvgIpc) is 3.23. The molecule has 0 radical (unpaired) electrons. The highest BCUT2D eigenvalue weighted by Gasteiger charge is 2.37. The van der Waals surface area contributed by atoms with Crippen LogP contribution in [0.5, 0.6) is 0 Å². The number of nitrogens with zero attached hydrogens (tertiary/aromatic N) is 1. The second-order valence-electron chi connectivity index (χ2n) is 19.0. The van der Waals surface area contributed by atoms with Crippen LogP contribution < -0.4 is 0 Å². The van der Waals surface area contributed by atoms with Crippen molar-refractivity contribution in [3.8, 4) is 0 Å². The van der Waals surface area contributed by atoms with Gasteiger partial charge in [0.25, 0.3) is 0 Å². The van der Waals surface area contributed by atoms with Crippen molar-refractivity contribution in [1.29, 1.82) is 0 Å². The minimum absolute atomic E-state index is 0.0493. The second kappa shape index (κ2) is 42.7. The van der Waals surface area contributed by atoms with Crippen molar-refractivity contribution in [3.05, 3.63) is 24.3 Å². The summed E-state index contributed by atoms with van der Waals surface area (Å²) in [4.78, 5) is 41.6. The van der Waals surface area contributed by atoms with Crippen molar-refractivity contribution < 1.29 is 38.1 Å². The Bertz CT molecular complexity index is 1100. The zero-order valence-corrected chi connectivity index (χ0v) is 41.6. The Balaban J connectivity index is 5.46. The van der Waals surface area contributed by atoms with Gasteiger partial charge in [-0.25, -0.2) is 0 Å². The number of carbonyl (C=O) groups is 3. The van der Waals surface area contributed by atoms with Gasteiger partial charge in [0.2, 0.25) is 0 Å². The van der Waals surface area contributed by atoms with E-state index in [0.29, 0.717) is 25.9 Å². The maximum atomic E-state index is 13.5. The molecule has 0 aliphatic rings. The van der Waals surface area contributed by atoms with Crippen LogP contribution in [-0.4, -0.2) is 83.3 Å². The van der Waals surface area contributed by atoms with Crippen molar-refractivity contribution in [1.82, 2.24) is 4.90 Å². The summed E-state index contributed by atoms with van der Waals surface area (Å²) in [6.07, 6.45) is 32.5. The maximum Gasteiger partial charge on any atom is 0.306 e. The van der Waals surface area contributed by atoms with E-state index in [4.69, 9.17) is 23.7 Å². The summed E-state index contributed by atoms with van der Waals surface area (Å²) < 4.78 is 29.7. The Morgan fingerprint density at radius 1 is 0.484 bits per heavy atom. The Labute approximate surface area is 382 Å². The van der Waals surface area contributed by atoms with E-state index in [9.17, 15) is 14.4 Å². The molecule has 9 nitrogen and oxygen atoms in total. The molecule has 0 aromatic heterocycles. The Morgan fingerprint density at radius 3 is 1.32 bits per heavy atom. The first kappa shape index (κ1) is 59.8. The highest BCUT2D eigenvalue weighted by atomic mass is 16.7. The normalized spacial score (nSPS) is 12.5. The number of rotatable bonds is 47. The summed E-state index contributed by atoms with van der Waals surface area (Å²) in [5.41, 5.74) is 1.47. The molecule has 0 heterocycles.